The zero-order valence-corrected chi connectivity index (χ0v) is 19.2. The third kappa shape index (κ3) is 4.85. The van der Waals surface area contributed by atoms with Crippen molar-refractivity contribution < 1.29 is 4.79 Å². The van der Waals surface area contributed by atoms with Gasteiger partial charge in [0.1, 0.15) is 0 Å². The Bertz CT molecular complexity index is 1150. The summed E-state index contributed by atoms with van der Waals surface area (Å²) in [5.41, 5.74) is 3.48. The number of rotatable bonds is 5. The van der Waals surface area contributed by atoms with Crippen molar-refractivity contribution in [1.82, 2.24) is 14.9 Å². The molecular weight excluding hydrogens is 406 g/mol. The Kier molecular flexibility index (Phi) is 6.46. The van der Waals surface area contributed by atoms with E-state index < -0.39 is 0 Å². The van der Waals surface area contributed by atoms with Gasteiger partial charge in [0, 0.05) is 6.04 Å². The topological polar surface area (TPSA) is 64.0 Å². The predicted octanol–water partition coefficient (Wildman–Crippen LogP) is 4.79. The Morgan fingerprint density at radius 3 is 2.58 bits per heavy atom. The van der Waals surface area contributed by atoms with Crippen LogP contribution in [0.1, 0.15) is 43.7 Å². The second kappa shape index (κ2) is 9.27. The summed E-state index contributed by atoms with van der Waals surface area (Å²) in [6.07, 6.45) is 4.61. The summed E-state index contributed by atoms with van der Waals surface area (Å²) in [7, 11) is 0. The van der Waals surface area contributed by atoms with E-state index in [1.54, 1.807) is 10.6 Å². The van der Waals surface area contributed by atoms with Crippen molar-refractivity contribution in [3.05, 3.63) is 63.9 Å². The van der Waals surface area contributed by atoms with E-state index in [0.717, 1.165) is 29.7 Å². The summed E-state index contributed by atoms with van der Waals surface area (Å²) < 4.78 is 1.64. The van der Waals surface area contributed by atoms with Gasteiger partial charge in [0.05, 0.1) is 22.3 Å². The number of thioether (sulfide) groups is 1. The predicted molar refractivity (Wildman–Crippen MR) is 127 cm³/mol. The molecule has 0 spiro atoms. The Morgan fingerprint density at radius 1 is 1.13 bits per heavy atom. The first-order valence-electron chi connectivity index (χ1n) is 10.9. The highest BCUT2D eigenvalue weighted by molar-refractivity contribution is 7.99. The van der Waals surface area contributed by atoms with E-state index in [-0.39, 0.29) is 23.3 Å². The molecule has 5 nitrogen and oxygen atoms in total. The SMILES string of the molecule is Cc1cc(C)cc(-n2c(SCC(=O)NC3CCCCC3C)nc3ccccc3c2=O)c1. The van der Waals surface area contributed by atoms with Crippen molar-refractivity contribution in [2.24, 2.45) is 5.92 Å². The molecule has 0 saturated heterocycles. The molecule has 1 aromatic heterocycles. The molecule has 1 amide bonds. The first-order chi connectivity index (χ1) is 14.9. The number of para-hydroxylation sites is 1. The zero-order chi connectivity index (χ0) is 22.0. The van der Waals surface area contributed by atoms with Crippen molar-refractivity contribution in [2.45, 2.75) is 57.7 Å². The molecule has 0 radical (unpaired) electrons. The molecule has 0 bridgehead atoms. The second-order valence-corrected chi connectivity index (χ2v) is 9.56. The fourth-order valence-electron chi connectivity index (χ4n) is 4.43. The van der Waals surface area contributed by atoms with E-state index in [4.69, 9.17) is 4.98 Å². The number of nitrogens with one attached hydrogen (secondary N) is 1. The fraction of sp³-hybridized carbons (Fsp3) is 0.400. The molecular formula is C25H29N3O2S. The summed E-state index contributed by atoms with van der Waals surface area (Å²) in [5.74, 6) is 0.742. The molecule has 2 aromatic carbocycles. The maximum atomic E-state index is 13.4. The highest BCUT2D eigenvalue weighted by Crippen LogP contribution is 2.25. The second-order valence-electron chi connectivity index (χ2n) is 8.62. The largest absolute Gasteiger partial charge is 0.352 e. The lowest BCUT2D eigenvalue weighted by atomic mass is 9.86. The Balaban J connectivity index is 1.66. The number of hydrogen-bond acceptors (Lipinski definition) is 4. The quantitative estimate of drug-likeness (QED) is 0.462. The fourth-order valence-corrected chi connectivity index (χ4v) is 5.25. The van der Waals surface area contributed by atoms with Gasteiger partial charge in [0.25, 0.3) is 5.56 Å². The van der Waals surface area contributed by atoms with Gasteiger partial charge in [-0.15, -0.1) is 0 Å². The van der Waals surface area contributed by atoms with Crippen LogP contribution in [0.25, 0.3) is 16.6 Å². The van der Waals surface area contributed by atoms with E-state index in [1.807, 2.05) is 44.2 Å². The average molecular weight is 436 g/mol. The van der Waals surface area contributed by atoms with Crippen LogP contribution in [-0.4, -0.2) is 27.3 Å². The molecule has 1 heterocycles. The molecule has 31 heavy (non-hydrogen) atoms. The lowest BCUT2D eigenvalue weighted by Gasteiger charge is -2.29. The van der Waals surface area contributed by atoms with Gasteiger partial charge < -0.3 is 5.32 Å². The third-order valence-corrected chi connectivity index (χ3v) is 6.94. The van der Waals surface area contributed by atoms with E-state index in [9.17, 15) is 9.59 Å². The number of aromatic nitrogens is 2. The van der Waals surface area contributed by atoms with Crippen LogP contribution in [0.5, 0.6) is 0 Å². The molecule has 6 heteroatoms. The summed E-state index contributed by atoms with van der Waals surface area (Å²) in [4.78, 5) is 30.8. The van der Waals surface area contributed by atoms with E-state index >= 15 is 0 Å². The molecule has 3 aromatic rings. The van der Waals surface area contributed by atoms with Crippen molar-refractivity contribution in [3.63, 3.8) is 0 Å². The van der Waals surface area contributed by atoms with Crippen molar-refractivity contribution in [2.75, 3.05) is 5.75 Å². The van der Waals surface area contributed by atoms with Gasteiger partial charge in [0.2, 0.25) is 5.91 Å². The molecule has 1 fully saturated rings. The Hall–Kier alpha value is -2.60. The number of fused-ring (bicyclic) bond motifs is 1. The monoisotopic (exact) mass is 435 g/mol. The number of amides is 1. The molecule has 0 aliphatic heterocycles. The lowest BCUT2D eigenvalue weighted by Crippen LogP contribution is -2.41. The molecule has 1 saturated carbocycles. The first-order valence-corrected chi connectivity index (χ1v) is 11.9. The van der Waals surface area contributed by atoms with Gasteiger partial charge in [-0.05, 0) is 68.0 Å². The van der Waals surface area contributed by atoms with Gasteiger partial charge >= 0.3 is 0 Å². The van der Waals surface area contributed by atoms with Crippen LogP contribution < -0.4 is 10.9 Å². The maximum Gasteiger partial charge on any atom is 0.266 e. The number of aryl methyl sites for hydroxylation is 2. The molecule has 2 unspecified atom stereocenters. The number of benzene rings is 2. The number of carbonyl (C=O) groups excluding carboxylic acids is 1. The van der Waals surface area contributed by atoms with Crippen LogP contribution in [0.4, 0.5) is 0 Å². The Labute approximate surface area is 187 Å². The van der Waals surface area contributed by atoms with E-state index in [1.165, 1.54) is 24.6 Å². The van der Waals surface area contributed by atoms with Crippen LogP contribution in [0.3, 0.4) is 0 Å². The summed E-state index contributed by atoms with van der Waals surface area (Å²) in [6, 6.07) is 13.7. The van der Waals surface area contributed by atoms with Crippen LogP contribution in [0.15, 0.2) is 52.4 Å². The van der Waals surface area contributed by atoms with Gasteiger partial charge in [-0.3, -0.25) is 14.2 Å². The van der Waals surface area contributed by atoms with Crippen LogP contribution in [0, 0.1) is 19.8 Å². The van der Waals surface area contributed by atoms with Gasteiger partial charge in [-0.1, -0.05) is 49.7 Å². The lowest BCUT2D eigenvalue weighted by molar-refractivity contribution is -0.119. The molecule has 162 valence electrons. The van der Waals surface area contributed by atoms with Crippen molar-refractivity contribution >= 4 is 28.6 Å². The van der Waals surface area contributed by atoms with E-state index in [0.29, 0.717) is 22.0 Å². The summed E-state index contributed by atoms with van der Waals surface area (Å²) in [6.45, 7) is 6.24. The van der Waals surface area contributed by atoms with Gasteiger partial charge in [0.15, 0.2) is 5.16 Å². The highest BCUT2D eigenvalue weighted by Gasteiger charge is 2.23. The highest BCUT2D eigenvalue weighted by atomic mass is 32.2. The smallest absolute Gasteiger partial charge is 0.266 e. The van der Waals surface area contributed by atoms with Crippen LogP contribution >= 0.6 is 11.8 Å². The zero-order valence-electron chi connectivity index (χ0n) is 18.4. The van der Waals surface area contributed by atoms with E-state index in [2.05, 4.69) is 18.3 Å². The normalized spacial score (nSPS) is 18.8. The summed E-state index contributed by atoms with van der Waals surface area (Å²) in [5, 5.41) is 4.31. The molecule has 1 N–H and O–H groups in total. The molecule has 1 aliphatic rings. The van der Waals surface area contributed by atoms with Gasteiger partial charge in [-0.25, -0.2) is 4.98 Å². The summed E-state index contributed by atoms with van der Waals surface area (Å²) >= 11 is 1.32. The number of nitrogens with zero attached hydrogens (tertiary/aromatic N) is 2. The Morgan fingerprint density at radius 2 is 1.84 bits per heavy atom. The first kappa shape index (κ1) is 21.6. The number of hydrogen-bond donors (Lipinski definition) is 1. The van der Waals surface area contributed by atoms with Crippen molar-refractivity contribution in [1.29, 1.82) is 0 Å². The maximum absolute atomic E-state index is 13.4. The van der Waals surface area contributed by atoms with Crippen LogP contribution in [0.2, 0.25) is 0 Å². The molecule has 4 rings (SSSR count). The van der Waals surface area contributed by atoms with Crippen molar-refractivity contribution in [3.8, 4) is 5.69 Å². The number of carbonyl (C=O) groups is 1. The minimum atomic E-state index is -0.112. The standard InChI is InChI=1S/C25H29N3O2S/c1-16-12-17(2)14-19(13-16)28-24(30)20-9-5-7-11-22(20)27-25(28)31-15-23(29)26-21-10-6-4-8-18(21)3/h5,7,9,11-14,18,21H,4,6,8,10,15H2,1-3H3,(H,26,29). The third-order valence-electron chi connectivity index (χ3n) is 6.00. The average Bonchev–Trinajstić information content (AvgIpc) is 2.73. The van der Waals surface area contributed by atoms with Gasteiger partial charge in [-0.2, -0.15) is 0 Å². The molecule has 1 aliphatic carbocycles. The minimum Gasteiger partial charge on any atom is -0.352 e. The molecule has 2 atom stereocenters. The van der Waals surface area contributed by atoms with Crippen LogP contribution in [-0.2, 0) is 4.79 Å². The minimum absolute atomic E-state index is 0.00173.